The van der Waals surface area contributed by atoms with Crippen molar-refractivity contribution in [2.75, 3.05) is 38.8 Å². The van der Waals surface area contributed by atoms with Crippen LogP contribution in [0.4, 0.5) is 5.69 Å². The lowest BCUT2D eigenvalue weighted by atomic mass is 10.2. The maximum atomic E-state index is 12.8. The Labute approximate surface area is 219 Å². The zero-order chi connectivity index (χ0) is 26.9. The quantitative estimate of drug-likeness (QED) is 0.318. The Hall–Kier alpha value is -4.23. The molecule has 0 unspecified atom stereocenters. The van der Waals surface area contributed by atoms with Crippen LogP contribution >= 0.6 is 0 Å². The van der Waals surface area contributed by atoms with Gasteiger partial charge < -0.3 is 19.1 Å². The number of amides is 1. The molecule has 1 amide bonds. The summed E-state index contributed by atoms with van der Waals surface area (Å²) in [6, 6.07) is 13.4. The molecule has 0 radical (unpaired) electrons. The highest BCUT2D eigenvalue weighted by atomic mass is 32.2. The van der Waals surface area contributed by atoms with Crippen molar-refractivity contribution in [1.29, 1.82) is 0 Å². The number of rotatable bonds is 9. The molecule has 1 N–H and O–H groups in total. The second-order valence-corrected chi connectivity index (χ2v) is 10.3. The summed E-state index contributed by atoms with van der Waals surface area (Å²) in [7, 11) is -0.639. The van der Waals surface area contributed by atoms with E-state index < -0.39 is 10.0 Å². The first-order valence-corrected chi connectivity index (χ1v) is 13.3. The first-order chi connectivity index (χ1) is 18.3. The summed E-state index contributed by atoms with van der Waals surface area (Å²) in [6.45, 7) is 2.12. The smallest absolute Gasteiger partial charge is 0.240 e. The van der Waals surface area contributed by atoms with Crippen LogP contribution in [0.3, 0.4) is 0 Å². The van der Waals surface area contributed by atoms with E-state index in [1.807, 2.05) is 0 Å². The normalized spacial score (nSPS) is 13.0. The minimum absolute atomic E-state index is 0.0278. The molecule has 4 aromatic rings. The van der Waals surface area contributed by atoms with Gasteiger partial charge in [-0.2, -0.15) is 4.52 Å². The lowest BCUT2D eigenvalue weighted by molar-refractivity contribution is -0.116. The van der Waals surface area contributed by atoms with Crippen molar-refractivity contribution >= 4 is 27.3 Å². The molecule has 3 heterocycles. The van der Waals surface area contributed by atoms with E-state index in [0.29, 0.717) is 41.5 Å². The maximum absolute atomic E-state index is 12.8. The number of fused-ring (bicyclic) bond motifs is 2. The molecule has 0 atom stereocenters. The zero-order valence-corrected chi connectivity index (χ0v) is 21.9. The number of ether oxygens (including phenoxy) is 3. The van der Waals surface area contributed by atoms with Gasteiger partial charge in [0, 0.05) is 37.8 Å². The Balaban J connectivity index is 1.26. The number of nitrogens with one attached hydrogen (secondary N) is 1. The fourth-order valence-corrected chi connectivity index (χ4v) is 5.35. The fraction of sp³-hybridized carbons (Fsp3) is 0.280. The molecule has 0 spiro atoms. The molecule has 5 rings (SSSR count). The van der Waals surface area contributed by atoms with Gasteiger partial charge in [0.15, 0.2) is 11.5 Å². The Morgan fingerprint density at radius 3 is 2.66 bits per heavy atom. The van der Waals surface area contributed by atoms with Gasteiger partial charge in [-0.05, 0) is 48.4 Å². The van der Waals surface area contributed by atoms with Gasteiger partial charge in [-0.3, -0.25) is 4.79 Å². The molecule has 12 nitrogen and oxygen atoms in total. The second kappa shape index (κ2) is 10.3. The lowest BCUT2D eigenvalue weighted by Crippen LogP contribution is -2.28. The molecule has 0 saturated carbocycles. The van der Waals surface area contributed by atoms with Gasteiger partial charge in [0.25, 0.3) is 0 Å². The number of hydrogen-bond donors (Lipinski definition) is 1. The van der Waals surface area contributed by atoms with Crippen LogP contribution < -0.4 is 23.8 Å². The van der Waals surface area contributed by atoms with Crippen molar-refractivity contribution in [2.45, 2.75) is 18.2 Å². The average molecular weight is 539 g/mol. The highest BCUT2D eigenvalue weighted by Crippen LogP contribution is 2.33. The number of carbonyl (C=O) groups excluding carboxylic acids is 1. The first-order valence-electron chi connectivity index (χ1n) is 11.8. The number of nitrogens with zero attached hydrogens (tertiary/aromatic N) is 5. The standard InChI is InChI=1S/C25H26N6O6S/c1-16(32)30-12-10-17-14-19(5-7-21(17)30)38(33,34)26-11-13-37-24-9-8-23-27-28-25(31(23)29-24)20-6-4-18(35-2)15-22(20)36-3/h4-9,14-15,26H,10-13H2,1-3H3. The molecule has 2 aromatic carbocycles. The lowest BCUT2D eigenvalue weighted by Gasteiger charge is -2.15. The minimum atomic E-state index is -3.76. The number of anilines is 1. The first kappa shape index (κ1) is 25.4. The number of aromatic nitrogens is 4. The summed E-state index contributed by atoms with van der Waals surface area (Å²) in [4.78, 5) is 13.5. The second-order valence-electron chi connectivity index (χ2n) is 8.49. The molecular weight excluding hydrogens is 512 g/mol. The van der Waals surface area contributed by atoms with E-state index in [-0.39, 0.29) is 29.8 Å². The molecule has 0 bridgehead atoms. The van der Waals surface area contributed by atoms with Gasteiger partial charge in [0.05, 0.1) is 24.7 Å². The number of carbonyl (C=O) groups is 1. The van der Waals surface area contributed by atoms with Gasteiger partial charge in [-0.1, -0.05) is 0 Å². The van der Waals surface area contributed by atoms with Gasteiger partial charge in [0.2, 0.25) is 21.8 Å². The summed E-state index contributed by atoms with van der Waals surface area (Å²) in [6.07, 6.45) is 0.614. The monoisotopic (exact) mass is 538 g/mol. The van der Waals surface area contributed by atoms with Crippen molar-refractivity contribution in [1.82, 2.24) is 24.5 Å². The SMILES string of the molecule is COc1ccc(-c2nnc3ccc(OCCNS(=O)(=O)c4ccc5c(c4)CCN5C(C)=O)nn23)c(OC)c1. The number of methoxy groups -OCH3 is 2. The van der Waals surface area contributed by atoms with E-state index in [9.17, 15) is 13.2 Å². The third-order valence-corrected chi connectivity index (χ3v) is 7.63. The van der Waals surface area contributed by atoms with Gasteiger partial charge >= 0.3 is 0 Å². The van der Waals surface area contributed by atoms with E-state index in [4.69, 9.17) is 14.2 Å². The van der Waals surface area contributed by atoms with Crippen molar-refractivity contribution in [3.05, 3.63) is 54.1 Å². The minimum Gasteiger partial charge on any atom is -0.497 e. The van der Waals surface area contributed by atoms with Crippen LogP contribution in [-0.2, 0) is 21.2 Å². The predicted octanol–water partition coefficient (Wildman–Crippen LogP) is 2.07. The van der Waals surface area contributed by atoms with Crippen LogP contribution in [0.1, 0.15) is 12.5 Å². The Bertz CT molecular complexity index is 1620. The van der Waals surface area contributed by atoms with Crippen molar-refractivity contribution < 1.29 is 27.4 Å². The summed E-state index contributed by atoms with van der Waals surface area (Å²) in [5, 5.41) is 12.8. The van der Waals surface area contributed by atoms with Crippen LogP contribution in [-0.4, -0.2) is 68.1 Å². The zero-order valence-electron chi connectivity index (χ0n) is 21.0. The van der Waals surface area contributed by atoms with Crippen LogP contribution in [0, 0.1) is 0 Å². The van der Waals surface area contributed by atoms with E-state index in [1.54, 1.807) is 61.6 Å². The molecule has 0 aliphatic carbocycles. The predicted molar refractivity (Wildman–Crippen MR) is 138 cm³/mol. The Morgan fingerprint density at radius 2 is 1.89 bits per heavy atom. The Morgan fingerprint density at radius 1 is 1.05 bits per heavy atom. The maximum Gasteiger partial charge on any atom is 0.240 e. The largest absolute Gasteiger partial charge is 0.497 e. The summed E-state index contributed by atoms with van der Waals surface area (Å²) < 4.78 is 46.1. The molecular formula is C25H26N6O6S. The number of sulfonamides is 1. The number of hydrogen-bond acceptors (Lipinski definition) is 9. The molecule has 0 saturated heterocycles. The van der Waals surface area contributed by atoms with Gasteiger partial charge in [0.1, 0.15) is 18.1 Å². The van der Waals surface area contributed by atoms with E-state index >= 15 is 0 Å². The van der Waals surface area contributed by atoms with E-state index in [1.165, 1.54) is 17.5 Å². The Kier molecular flexibility index (Phi) is 6.87. The van der Waals surface area contributed by atoms with Crippen LogP contribution in [0.5, 0.6) is 17.4 Å². The topological polar surface area (TPSA) is 137 Å². The highest BCUT2D eigenvalue weighted by molar-refractivity contribution is 7.89. The fourth-order valence-electron chi connectivity index (χ4n) is 4.29. The van der Waals surface area contributed by atoms with Crippen LogP contribution in [0.15, 0.2) is 53.4 Å². The van der Waals surface area contributed by atoms with Gasteiger partial charge in [-0.15, -0.1) is 15.3 Å². The van der Waals surface area contributed by atoms with E-state index in [0.717, 1.165) is 11.3 Å². The highest BCUT2D eigenvalue weighted by Gasteiger charge is 2.24. The van der Waals surface area contributed by atoms with Crippen molar-refractivity contribution in [2.24, 2.45) is 0 Å². The summed E-state index contributed by atoms with van der Waals surface area (Å²) in [5.74, 6) is 1.83. The molecule has 1 aliphatic heterocycles. The third kappa shape index (κ3) is 4.85. The molecule has 0 fully saturated rings. The van der Waals surface area contributed by atoms with Crippen molar-refractivity contribution in [3.63, 3.8) is 0 Å². The molecule has 2 aromatic heterocycles. The summed E-state index contributed by atoms with van der Waals surface area (Å²) in [5.41, 5.74) is 2.75. The molecule has 1 aliphatic rings. The van der Waals surface area contributed by atoms with Gasteiger partial charge in [-0.25, -0.2) is 13.1 Å². The third-order valence-electron chi connectivity index (χ3n) is 6.17. The van der Waals surface area contributed by atoms with Crippen LogP contribution in [0.2, 0.25) is 0 Å². The van der Waals surface area contributed by atoms with E-state index in [2.05, 4.69) is 20.0 Å². The van der Waals surface area contributed by atoms with Crippen molar-refractivity contribution in [3.8, 4) is 28.8 Å². The average Bonchev–Trinajstić information content (AvgIpc) is 3.54. The molecule has 13 heteroatoms. The summed E-state index contributed by atoms with van der Waals surface area (Å²) >= 11 is 0. The molecule has 198 valence electrons. The molecule has 38 heavy (non-hydrogen) atoms. The number of benzene rings is 2. The van der Waals surface area contributed by atoms with Crippen LogP contribution in [0.25, 0.3) is 17.0 Å².